The SMILES string of the molecule is CNCCCc1cnc(CCN2CCCCC2)s1. The van der Waals surface area contributed by atoms with Gasteiger partial charge in [-0.2, -0.15) is 0 Å². The highest BCUT2D eigenvalue weighted by Gasteiger charge is 2.10. The van der Waals surface area contributed by atoms with Crippen molar-refractivity contribution >= 4 is 11.3 Å². The highest BCUT2D eigenvalue weighted by molar-refractivity contribution is 7.11. The van der Waals surface area contributed by atoms with Crippen LogP contribution in [0.5, 0.6) is 0 Å². The topological polar surface area (TPSA) is 28.2 Å². The molecule has 3 nitrogen and oxygen atoms in total. The standard InChI is InChI=1S/C14H25N3S/c1-15-8-5-6-13-12-16-14(18-13)7-11-17-9-3-2-4-10-17/h12,15H,2-11H2,1H3. The van der Waals surface area contributed by atoms with Gasteiger partial charge < -0.3 is 10.2 Å². The number of aryl methyl sites for hydroxylation is 1. The maximum atomic E-state index is 4.55. The molecule has 0 bridgehead atoms. The van der Waals surface area contributed by atoms with E-state index in [1.165, 1.54) is 61.6 Å². The summed E-state index contributed by atoms with van der Waals surface area (Å²) in [7, 11) is 2.01. The predicted molar refractivity (Wildman–Crippen MR) is 78.4 cm³/mol. The van der Waals surface area contributed by atoms with Gasteiger partial charge in [-0.25, -0.2) is 4.98 Å². The van der Waals surface area contributed by atoms with E-state index >= 15 is 0 Å². The van der Waals surface area contributed by atoms with Crippen molar-refractivity contribution in [2.45, 2.75) is 38.5 Å². The zero-order valence-corrected chi connectivity index (χ0v) is 12.3. The van der Waals surface area contributed by atoms with E-state index in [1.54, 1.807) is 0 Å². The Morgan fingerprint density at radius 1 is 1.28 bits per heavy atom. The van der Waals surface area contributed by atoms with E-state index in [-0.39, 0.29) is 0 Å². The van der Waals surface area contributed by atoms with Crippen LogP contribution in [0.4, 0.5) is 0 Å². The summed E-state index contributed by atoms with van der Waals surface area (Å²) in [5.41, 5.74) is 0. The Kier molecular flexibility index (Phi) is 6.11. The van der Waals surface area contributed by atoms with Crippen molar-refractivity contribution < 1.29 is 0 Å². The lowest BCUT2D eigenvalue weighted by atomic mass is 10.1. The lowest BCUT2D eigenvalue weighted by Gasteiger charge is -2.25. The largest absolute Gasteiger partial charge is 0.320 e. The minimum atomic E-state index is 1.10. The summed E-state index contributed by atoms with van der Waals surface area (Å²) in [4.78, 5) is 8.58. The molecular weight excluding hydrogens is 242 g/mol. The molecule has 102 valence electrons. The van der Waals surface area contributed by atoms with Gasteiger partial charge in [0.25, 0.3) is 0 Å². The predicted octanol–water partition coefficient (Wildman–Crippen LogP) is 2.32. The molecule has 1 aromatic rings. The zero-order chi connectivity index (χ0) is 12.6. The molecule has 1 aliphatic heterocycles. The van der Waals surface area contributed by atoms with Crippen molar-refractivity contribution in [3.63, 3.8) is 0 Å². The molecule has 2 heterocycles. The molecule has 0 aromatic carbocycles. The van der Waals surface area contributed by atoms with E-state index in [0.717, 1.165) is 13.0 Å². The average Bonchev–Trinajstić information content (AvgIpc) is 2.86. The quantitative estimate of drug-likeness (QED) is 0.769. The minimum absolute atomic E-state index is 1.10. The molecule has 1 saturated heterocycles. The van der Waals surface area contributed by atoms with Gasteiger partial charge in [0.05, 0.1) is 5.01 Å². The second-order valence-electron chi connectivity index (χ2n) is 5.08. The summed E-state index contributed by atoms with van der Waals surface area (Å²) in [6.45, 7) is 4.88. The van der Waals surface area contributed by atoms with E-state index in [1.807, 2.05) is 18.4 Å². The van der Waals surface area contributed by atoms with E-state index in [4.69, 9.17) is 0 Å². The van der Waals surface area contributed by atoms with Crippen LogP contribution in [0.2, 0.25) is 0 Å². The lowest BCUT2D eigenvalue weighted by Crippen LogP contribution is -2.31. The molecule has 0 unspecified atom stereocenters. The molecule has 18 heavy (non-hydrogen) atoms. The summed E-state index contributed by atoms with van der Waals surface area (Å²) in [6, 6.07) is 0. The molecule has 1 N–H and O–H groups in total. The molecule has 0 saturated carbocycles. The number of hydrogen-bond donors (Lipinski definition) is 1. The zero-order valence-electron chi connectivity index (χ0n) is 11.5. The van der Waals surface area contributed by atoms with Gasteiger partial charge in [0.15, 0.2) is 0 Å². The summed E-state index contributed by atoms with van der Waals surface area (Å²) >= 11 is 1.91. The second kappa shape index (κ2) is 7.87. The normalized spacial score (nSPS) is 17.2. The first-order valence-electron chi connectivity index (χ1n) is 7.19. The fourth-order valence-corrected chi connectivity index (χ4v) is 3.41. The van der Waals surface area contributed by atoms with Crippen molar-refractivity contribution in [2.24, 2.45) is 0 Å². The first kappa shape index (κ1) is 14.0. The Labute approximate surface area is 115 Å². The molecule has 0 spiro atoms. The first-order chi connectivity index (χ1) is 8.88. The Hall–Kier alpha value is -0.450. The number of hydrogen-bond acceptors (Lipinski definition) is 4. The Morgan fingerprint density at radius 3 is 2.89 bits per heavy atom. The molecule has 1 aromatic heterocycles. The van der Waals surface area contributed by atoms with Crippen LogP contribution < -0.4 is 5.32 Å². The van der Waals surface area contributed by atoms with Crippen molar-refractivity contribution in [3.05, 3.63) is 16.1 Å². The maximum absolute atomic E-state index is 4.55. The van der Waals surface area contributed by atoms with Crippen LogP contribution in [0.15, 0.2) is 6.20 Å². The maximum Gasteiger partial charge on any atom is 0.0940 e. The van der Waals surface area contributed by atoms with Crippen LogP contribution in [0.25, 0.3) is 0 Å². The molecule has 0 amide bonds. The summed E-state index contributed by atoms with van der Waals surface area (Å²) in [5, 5.41) is 4.51. The number of piperidine rings is 1. The molecular formula is C14H25N3S. The van der Waals surface area contributed by atoms with Gasteiger partial charge in [-0.1, -0.05) is 6.42 Å². The number of aromatic nitrogens is 1. The third kappa shape index (κ3) is 4.67. The Bertz CT molecular complexity index is 332. The van der Waals surface area contributed by atoms with Gasteiger partial charge in [-0.15, -0.1) is 11.3 Å². The number of nitrogens with one attached hydrogen (secondary N) is 1. The van der Waals surface area contributed by atoms with Crippen molar-refractivity contribution in [1.29, 1.82) is 0 Å². The third-order valence-corrected chi connectivity index (χ3v) is 4.66. The second-order valence-corrected chi connectivity index (χ2v) is 6.28. The lowest BCUT2D eigenvalue weighted by molar-refractivity contribution is 0.231. The molecule has 4 heteroatoms. The monoisotopic (exact) mass is 267 g/mol. The van der Waals surface area contributed by atoms with Crippen LogP contribution in [-0.2, 0) is 12.8 Å². The van der Waals surface area contributed by atoms with Gasteiger partial charge in [0.2, 0.25) is 0 Å². The Balaban J connectivity index is 1.69. The van der Waals surface area contributed by atoms with E-state index in [2.05, 4.69) is 21.4 Å². The van der Waals surface area contributed by atoms with Crippen LogP contribution in [-0.4, -0.2) is 43.1 Å². The molecule has 0 aliphatic carbocycles. The summed E-state index contributed by atoms with van der Waals surface area (Å²) in [6.07, 6.45) is 9.78. The average molecular weight is 267 g/mol. The van der Waals surface area contributed by atoms with Crippen LogP contribution >= 0.6 is 11.3 Å². The third-order valence-electron chi connectivity index (χ3n) is 3.54. The molecule has 2 rings (SSSR count). The van der Waals surface area contributed by atoms with E-state index in [9.17, 15) is 0 Å². The van der Waals surface area contributed by atoms with Gasteiger partial charge in [-0.05, 0) is 52.4 Å². The first-order valence-corrected chi connectivity index (χ1v) is 8.00. The fraction of sp³-hybridized carbons (Fsp3) is 0.786. The highest BCUT2D eigenvalue weighted by Crippen LogP contribution is 2.16. The summed E-state index contributed by atoms with van der Waals surface area (Å²) in [5.74, 6) is 0. The van der Waals surface area contributed by atoms with E-state index < -0.39 is 0 Å². The fourth-order valence-electron chi connectivity index (χ4n) is 2.46. The van der Waals surface area contributed by atoms with Gasteiger partial charge >= 0.3 is 0 Å². The molecule has 1 aliphatic rings. The minimum Gasteiger partial charge on any atom is -0.320 e. The van der Waals surface area contributed by atoms with Crippen molar-refractivity contribution in [1.82, 2.24) is 15.2 Å². The van der Waals surface area contributed by atoms with Crippen LogP contribution in [0.1, 0.15) is 35.6 Å². The number of nitrogens with zero attached hydrogens (tertiary/aromatic N) is 2. The number of thiazole rings is 1. The number of rotatable bonds is 7. The smallest absolute Gasteiger partial charge is 0.0940 e. The van der Waals surface area contributed by atoms with Crippen molar-refractivity contribution in [3.8, 4) is 0 Å². The van der Waals surface area contributed by atoms with Crippen LogP contribution in [0.3, 0.4) is 0 Å². The highest BCUT2D eigenvalue weighted by atomic mass is 32.1. The molecule has 1 fully saturated rings. The van der Waals surface area contributed by atoms with Gasteiger partial charge in [0, 0.05) is 24.0 Å². The van der Waals surface area contributed by atoms with Crippen LogP contribution in [0, 0.1) is 0 Å². The van der Waals surface area contributed by atoms with E-state index in [0.29, 0.717) is 0 Å². The molecule has 0 atom stereocenters. The molecule has 0 radical (unpaired) electrons. The number of likely N-dealkylation sites (tertiary alicyclic amines) is 1. The summed E-state index contributed by atoms with van der Waals surface area (Å²) < 4.78 is 0. The Morgan fingerprint density at radius 2 is 2.11 bits per heavy atom. The van der Waals surface area contributed by atoms with Gasteiger partial charge in [0.1, 0.15) is 0 Å². The van der Waals surface area contributed by atoms with Gasteiger partial charge in [-0.3, -0.25) is 0 Å². The van der Waals surface area contributed by atoms with Crippen molar-refractivity contribution in [2.75, 3.05) is 33.2 Å².